The summed E-state index contributed by atoms with van der Waals surface area (Å²) < 4.78 is 1.03. The Labute approximate surface area is 231 Å². The molecule has 37 heavy (non-hydrogen) atoms. The van der Waals surface area contributed by atoms with Gasteiger partial charge in [0.2, 0.25) is 5.91 Å². The van der Waals surface area contributed by atoms with Crippen LogP contribution in [-0.4, -0.2) is 33.9 Å². The van der Waals surface area contributed by atoms with Gasteiger partial charge < -0.3 is 10.0 Å². The van der Waals surface area contributed by atoms with E-state index < -0.39 is 0 Å². The van der Waals surface area contributed by atoms with E-state index in [1.54, 1.807) is 12.1 Å². The lowest BCUT2D eigenvalue weighted by atomic mass is 9.88. The molecule has 1 heterocycles. The first kappa shape index (κ1) is 25.5. The van der Waals surface area contributed by atoms with Gasteiger partial charge >= 0.3 is 0 Å². The van der Waals surface area contributed by atoms with Crippen molar-refractivity contribution in [1.82, 2.24) is 9.80 Å². The van der Waals surface area contributed by atoms with Gasteiger partial charge in [-0.1, -0.05) is 106 Å². The molecule has 0 saturated carbocycles. The highest BCUT2D eigenvalue weighted by molar-refractivity contribution is 9.10. The molecule has 1 aliphatic heterocycles. The minimum Gasteiger partial charge on any atom is -0.508 e. The Morgan fingerprint density at radius 3 is 2.38 bits per heavy atom. The third kappa shape index (κ3) is 5.90. The number of fused-ring (bicyclic) bond motifs is 1. The van der Waals surface area contributed by atoms with Gasteiger partial charge in [0.15, 0.2) is 0 Å². The summed E-state index contributed by atoms with van der Waals surface area (Å²) in [5, 5.41) is 10.2. The van der Waals surface area contributed by atoms with E-state index in [0.717, 1.165) is 34.1 Å². The molecule has 6 heteroatoms. The fraction of sp³-hybridized carbons (Fsp3) is 0.194. The van der Waals surface area contributed by atoms with Crippen LogP contribution in [0.15, 0.2) is 102 Å². The summed E-state index contributed by atoms with van der Waals surface area (Å²) in [6, 6.07) is 31.6. The van der Waals surface area contributed by atoms with E-state index in [-0.39, 0.29) is 24.2 Å². The number of amides is 1. The highest BCUT2D eigenvalue weighted by atomic mass is 79.9. The summed E-state index contributed by atoms with van der Waals surface area (Å²) in [6.07, 6.45) is 0.896. The zero-order chi connectivity index (χ0) is 25.8. The molecule has 0 saturated heterocycles. The van der Waals surface area contributed by atoms with Gasteiger partial charge in [-0.15, -0.1) is 0 Å². The third-order valence-electron chi connectivity index (χ3n) is 6.89. The summed E-state index contributed by atoms with van der Waals surface area (Å²) in [4.78, 5) is 18.1. The topological polar surface area (TPSA) is 43.8 Å². The van der Waals surface area contributed by atoms with Crippen LogP contribution < -0.4 is 0 Å². The maximum atomic E-state index is 14.0. The average molecular weight is 576 g/mol. The standard InChI is InChI=1S/C31H28BrClN2O2/c32-28-13-7-6-12-27(28)31-26-11-5-4-10-23(26)16-17-34(31)21-30(37)35(19-22-8-2-1-3-9-22)20-24-14-15-25(36)18-29(24)33/h1-15,18,31,36H,16-17,19-21H2. The Morgan fingerprint density at radius 2 is 1.62 bits per heavy atom. The highest BCUT2D eigenvalue weighted by Crippen LogP contribution is 2.38. The summed E-state index contributed by atoms with van der Waals surface area (Å²) >= 11 is 10.2. The number of hydrogen-bond donors (Lipinski definition) is 1. The largest absolute Gasteiger partial charge is 0.508 e. The molecule has 0 radical (unpaired) electrons. The van der Waals surface area contributed by atoms with E-state index in [9.17, 15) is 9.90 Å². The van der Waals surface area contributed by atoms with Crippen LogP contribution in [0.3, 0.4) is 0 Å². The molecule has 0 aliphatic carbocycles. The van der Waals surface area contributed by atoms with Gasteiger partial charge in [0, 0.05) is 29.1 Å². The molecule has 1 aliphatic rings. The fourth-order valence-electron chi connectivity index (χ4n) is 5.03. The van der Waals surface area contributed by atoms with Gasteiger partial charge in [-0.05, 0) is 52.4 Å². The Balaban J connectivity index is 1.46. The molecule has 4 aromatic rings. The quantitative estimate of drug-likeness (QED) is 0.258. The van der Waals surface area contributed by atoms with Crippen molar-refractivity contribution in [2.24, 2.45) is 0 Å². The third-order valence-corrected chi connectivity index (χ3v) is 7.96. The van der Waals surface area contributed by atoms with E-state index in [0.29, 0.717) is 18.1 Å². The van der Waals surface area contributed by atoms with Crippen LogP contribution in [0.2, 0.25) is 5.02 Å². The van der Waals surface area contributed by atoms with Crippen LogP contribution in [0.5, 0.6) is 5.75 Å². The molecule has 1 atom stereocenters. The molecular formula is C31H28BrClN2O2. The lowest BCUT2D eigenvalue weighted by Gasteiger charge is -2.38. The molecule has 1 N–H and O–H groups in total. The number of halogens is 2. The highest BCUT2D eigenvalue weighted by Gasteiger charge is 2.32. The summed E-state index contributed by atoms with van der Waals surface area (Å²) in [6.45, 7) is 1.90. The zero-order valence-corrected chi connectivity index (χ0v) is 22.7. The molecular weight excluding hydrogens is 548 g/mol. The zero-order valence-electron chi connectivity index (χ0n) is 20.4. The van der Waals surface area contributed by atoms with Crippen LogP contribution in [0, 0.1) is 0 Å². The van der Waals surface area contributed by atoms with Crippen molar-refractivity contribution in [3.8, 4) is 5.75 Å². The predicted molar refractivity (Wildman–Crippen MR) is 152 cm³/mol. The van der Waals surface area contributed by atoms with E-state index >= 15 is 0 Å². The van der Waals surface area contributed by atoms with E-state index in [1.165, 1.54) is 17.2 Å². The maximum Gasteiger partial charge on any atom is 0.237 e. The lowest BCUT2D eigenvalue weighted by molar-refractivity contribution is -0.134. The van der Waals surface area contributed by atoms with Crippen molar-refractivity contribution >= 4 is 33.4 Å². The van der Waals surface area contributed by atoms with Gasteiger partial charge in [0.1, 0.15) is 5.75 Å². The first-order valence-electron chi connectivity index (χ1n) is 12.3. The molecule has 4 nitrogen and oxygen atoms in total. The Morgan fingerprint density at radius 1 is 0.919 bits per heavy atom. The van der Waals surface area contributed by atoms with Crippen molar-refractivity contribution in [3.63, 3.8) is 0 Å². The second kappa shape index (κ2) is 11.5. The predicted octanol–water partition coefficient (Wildman–Crippen LogP) is 6.98. The van der Waals surface area contributed by atoms with E-state index in [1.807, 2.05) is 47.4 Å². The van der Waals surface area contributed by atoms with Crippen LogP contribution >= 0.6 is 27.5 Å². The summed E-state index contributed by atoms with van der Waals surface area (Å²) in [5.41, 5.74) is 5.57. The number of rotatable bonds is 7. The van der Waals surface area contributed by atoms with Crippen molar-refractivity contribution in [2.75, 3.05) is 13.1 Å². The van der Waals surface area contributed by atoms with Crippen LogP contribution in [0.4, 0.5) is 0 Å². The molecule has 4 aromatic carbocycles. The number of phenolic OH excluding ortho intramolecular Hbond substituents is 1. The molecule has 0 bridgehead atoms. The average Bonchev–Trinajstić information content (AvgIpc) is 2.91. The monoisotopic (exact) mass is 574 g/mol. The minimum atomic E-state index is -0.0275. The first-order valence-corrected chi connectivity index (χ1v) is 13.5. The number of carbonyl (C=O) groups is 1. The van der Waals surface area contributed by atoms with Crippen molar-refractivity contribution < 1.29 is 9.90 Å². The van der Waals surface area contributed by atoms with Gasteiger partial charge in [-0.3, -0.25) is 9.69 Å². The number of phenols is 1. The van der Waals surface area contributed by atoms with Gasteiger partial charge in [0.25, 0.3) is 0 Å². The molecule has 0 spiro atoms. The summed E-state index contributed by atoms with van der Waals surface area (Å²) in [7, 11) is 0. The molecule has 5 rings (SSSR count). The van der Waals surface area contributed by atoms with E-state index in [4.69, 9.17) is 11.6 Å². The SMILES string of the molecule is O=C(CN1CCc2ccccc2C1c1ccccc1Br)N(Cc1ccccc1)Cc1ccc(O)cc1Cl. The molecule has 0 fully saturated rings. The van der Waals surface area contributed by atoms with Crippen LogP contribution in [0.1, 0.15) is 33.9 Å². The number of nitrogens with zero attached hydrogens (tertiary/aromatic N) is 2. The summed E-state index contributed by atoms with van der Waals surface area (Å²) in [5.74, 6) is 0.141. The van der Waals surface area contributed by atoms with Crippen molar-refractivity contribution in [2.45, 2.75) is 25.6 Å². The van der Waals surface area contributed by atoms with Crippen molar-refractivity contribution in [1.29, 1.82) is 0 Å². The molecule has 1 unspecified atom stereocenters. The molecule has 0 aromatic heterocycles. The maximum absolute atomic E-state index is 14.0. The second-order valence-electron chi connectivity index (χ2n) is 9.35. The van der Waals surface area contributed by atoms with Crippen LogP contribution in [-0.2, 0) is 24.3 Å². The number of benzene rings is 4. The number of hydrogen-bond acceptors (Lipinski definition) is 3. The Kier molecular flexibility index (Phi) is 7.94. The Hall–Kier alpha value is -3.12. The smallest absolute Gasteiger partial charge is 0.237 e. The molecule has 1 amide bonds. The number of carbonyl (C=O) groups excluding carboxylic acids is 1. The normalized spacial score (nSPS) is 15.2. The van der Waals surface area contributed by atoms with Gasteiger partial charge in [-0.2, -0.15) is 0 Å². The first-order chi connectivity index (χ1) is 18.0. The van der Waals surface area contributed by atoms with Crippen LogP contribution in [0.25, 0.3) is 0 Å². The fourth-order valence-corrected chi connectivity index (χ4v) is 5.77. The van der Waals surface area contributed by atoms with E-state index in [2.05, 4.69) is 57.2 Å². The molecule has 188 valence electrons. The van der Waals surface area contributed by atoms with Gasteiger partial charge in [0.05, 0.1) is 12.6 Å². The van der Waals surface area contributed by atoms with Crippen molar-refractivity contribution in [3.05, 3.63) is 134 Å². The minimum absolute atomic E-state index is 0.0275. The van der Waals surface area contributed by atoms with Gasteiger partial charge in [-0.25, -0.2) is 0 Å². The second-order valence-corrected chi connectivity index (χ2v) is 10.6. The lowest BCUT2D eigenvalue weighted by Crippen LogP contribution is -2.44. The number of aromatic hydroxyl groups is 1. The Bertz CT molecular complexity index is 1400.